The van der Waals surface area contributed by atoms with Crippen LogP contribution >= 0.6 is 35.6 Å². The summed E-state index contributed by atoms with van der Waals surface area (Å²) in [6.07, 6.45) is 1.34. The lowest BCUT2D eigenvalue weighted by atomic mass is 10.2. The molecule has 1 aliphatic heterocycles. The topological polar surface area (TPSA) is 78.5 Å². The van der Waals surface area contributed by atoms with Gasteiger partial charge in [-0.2, -0.15) is 0 Å². The highest BCUT2D eigenvalue weighted by Gasteiger charge is 2.32. The Morgan fingerprint density at radius 3 is 2.67 bits per heavy atom. The van der Waals surface area contributed by atoms with E-state index in [1.165, 1.54) is 23.1 Å². The fraction of sp³-hybridized carbons (Fsp3) is 0.100. The number of hydrogen-bond donors (Lipinski definition) is 2. The van der Waals surface area contributed by atoms with Crippen LogP contribution < -0.4 is 10.9 Å². The van der Waals surface area contributed by atoms with Gasteiger partial charge in [-0.05, 0) is 30.3 Å². The zero-order chi connectivity index (χ0) is 21.7. The van der Waals surface area contributed by atoms with Crippen LogP contribution in [0.5, 0.6) is 0 Å². The van der Waals surface area contributed by atoms with Crippen LogP contribution in [0.25, 0.3) is 6.08 Å². The normalized spacial score (nSPS) is 14.9. The zero-order valence-corrected chi connectivity index (χ0v) is 17.7. The third-order valence-electron chi connectivity index (χ3n) is 4.03. The lowest BCUT2D eigenvalue weighted by Crippen LogP contribution is -2.43. The van der Waals surface area contributed by atoms with E-state index in [0.717, 1.165) is 11.8 Å². The van der Waals surface area contributed by atoms with E-state index < -0.39 is 23.5 Å². The number of hydrogen-bond acceptors (Lipinski definition) is 5. The van der Waals surface area contributed by atoms with Crippen molar-refractivity contribution in [3.05, 3.63) is 75.4 Å². The molecular formula is C20H15ClFN3O3S2. The van der Waals surface area contributed by atoms with E-state index in [0.29, 0.717) is 5.02 Å². The molecule has 6 nitrogen and oxygen atoms in total. The predicted octanol–water partition coefficient (Wildman–Crippen LogP) is 3.53. The van der Waals surface area contributed by atoms with Gasteiger partial charge in [0.1, 0.15) is 10.1 Å². The summed E-state index contributed by atoms with van der Waals surface area (Å²) in [7, 11) is 0. The second-order valence-electron chi connectivity index (χ2n) is 6.12. The van der Waals surface area contributed by atoms with Crippen LogP contribution in [0.2, 0.25) is 5.02 Å². The number of nitrogens with zero attached hydrogens (tertiary/aromatic N) is 1. The quantitative estimate of drug-likeness (QED) is 0.403. The second-order valence-corrected chi connectivity index (χ2v) is 8.23. The number of carbonyl (C=O) groups excluding carboxylic acids is 3. The highest BCUT2D eigenvalue weighted by Crippen LogP contribution is 2.32. The van der Waals surface area contributed by atoms with Crippen LogP contribution in [0.3, 0.4) is 0 Å². The number of amides is 3. The minimum absolute atomic E-state index is 0.0259. The highest BCUT2D eigenvalue weighted by atomic mass is 35.5. The molecule has 10 heteroatoms. The van der Waals surface area contributed by atoms with Gasteiger partial charge in [0.15, 0.2) is 0 Å². The van der Waals surface area contributed by atoms with Crippen molar-refractivity contribution in [2.75, 3.05) is 6.54 Å². The third kappa shape index (κ3) is 5.44. The lowest BCUT2D eigenvalue weighted by Gasteiger charge is -2.14. The molecule has 1 fully saturated rings. The summed E-state index contributed by atoms with van der Waals surface area (Å²) in [6.45, 7) is 0.0259. The maximum Gasteiger partial charge on any atom is 0.269 e. The monoisotopic (exact) mass is 463 g/mol. The standard InChI is InChI=1S/C20H15ClFN3O3S2/c21-14-6-3-5-13(10-14)18(27)24-23-17(26)8-9-25-19(28)16(30-20(25)29)11-12-4-1-2-7-15(12)22/h1-7,10-11H,8-9H2,(H,23,26)(H,24,27)/b16-11+. The minimum atomic E-state index is -0.524. The fourth-order valence-corrected chi connectivity index (χ4v) is 4.02. The van der Waals surface area contributed by atoms with Gasteiger partial charge < -0.3 is 0 Å². The van der Waals surface area contributed by atoms with Crippen molar-refractivity contribution in [1.82, 2.24) is 15.8 Å². The molecule has 0 unspecified atom stereocenters. The van der Waals surface area contributed by atoms with Gasteiger partial charge in [-0.15, -0.1) is 0 Å². The van der Waals surface area contributed by atoms with Crippen LogP contribution in [-0.2, 0) is 9.59 Å². The maximum atomic E-state index is 13.8. The number of carbonyl (C=O) groups is 3. The molecule has 2 aromatic carbocycles. The number of benzene rings is 2. The van der Waals surface area contributed by atoms with E-state index in [4.69, 9.17) is 23.8 Å². The molecule has 154 valence electrons. The third-order valence-corrected chi connectivity index (χ3v) is 5.64. The second kappa shape index (κ2) is 9.84. The molecular weight excluding hydrogens is 449 g/mol. The summed E-state index contributed by atoms with van der Waals surface area (Å²) in [5.74, 6) is -1.87. The molecule has 0 bridgehead atoms. The van der Waals surface area contributed by atoms with E-state index >= 15 is 0 Å². The molecule has 2 N–H and O–H groups in total. The Labute approximate surface area is 186 Å². The molecule has 30 heavy (non-hydrogen) atoms. The van der Waals surface area contributed by atoms with Gasteiger partial charge >= 0.3 is 0 Å². The average molecular weight is 464 g/mol. The first-order valence-electron chi connectivity index (χ1n) is 8.70. The summed E-state index contributed by atoms with van der Waals surface area (Å²) < 4.78 is 14.1. The first-order chi connectivity index (χ1) is 14.3. The van der Waals surface area contributed by atoms with E-state index in [1.807, 2.05) is 0 Å². The number of halogens is 2. The summed E-state index contributed by atoms with van der Waals surface area (Å²) >= 11 is 12.1. The summed E-state index contributed by atoms with van der Waals surface area (Å²) in [5.41, 5.74) is 5.13. The van der Waals surface area contributed by atoms with Crippen LogP contribution in [0.1, 0.15) is 22.3 Å². The van der Waals surface area contributed by atoms with Crippen LogP contribution in [0, 0.1) is 5.82 Å². The first kappa shape index (κ1) is 21.9. The largest absolute Gasteiger partial charge is 0.292 e. The SMILES string of the molecule is O=C(CCN1C(=O)/C(=C\c2ccccc2F)SC1=S)NNC(=O)c1cccc(Cl)c1. The first-order valence-corrected chi connectivity index (χ1v) is 10.3. The van der Waals surface area contributed by atoms with Gasteiger partial charge in [0, 0.05) is 29.1 Å². The Kier molecular flexibility index (Phi) is 7.20. The van der Waals surface area contributed by atoms with E-state index in [9.17, 15) is 18.8 Å². The van der Waals surface area contributed by atoms with Crippen molar-refractivity contribution in [2.24, 2.45) is 0 Å². The van der Waals surface area contributed by atoms with Gasteiger partial charge in [0.05, 0.1) is 4.91 Å². The van der Waals surface area contributed by atoms with Gasteiger partial charge in [-0.1, -0.05) is 59.8 Å². The van der Waals surface area contributed by atoms with Gasteiger partial charge in [-0.25, -0.2) is 4.39 Å². The Morgan fingerprint density at radius 2 is 1.93 bits per heavy atom. The fourth-order valence-electron chi connectivity index (χ4n) is 2.53. The molecule has 0 radical (unpaired) electrons. The maximum absolute atomic E-state index is 13.8. The Balaban J connectivity index is 1.53. The summed E-state index contributed by atoms with van der Waals surface area (Å²) in [6, 6.07) is 12.3. The van der Waals surface area contributed by atoms with Crippen molar-refractivity contribution >= 4 is 63.7 Å². The smallest absolute Gasteiger partial charge is 0.269 e. The van der Waals surface area contributed by atoms with Crippen LogP contribution in [0.4, 0.5) is 4.39 Å². The van der Waals surface area contributed by atoms with E-state index in [1.54, 1.807) is 36.4 Å². The average Bonchev–Trinajstić information content (AvgIpc) is 2.99. The molecule has 1 aliphatic rings. The Hall–Kier alpha value is -2.75. The number of rotatable bonds is 5. The molecule has 0 saturated carbocycles. The van der Waals surface area contributed by atoms with Gasteiger partial charge in [-0.3, -0.25) is 30.1 Å². The summed E-state index contributed by atoms with van der Waals surface area (Å²) in [5, 5.41) is 0.395. The number of hydrazine groups is 1. The molecule has 2 aromatic rings. The molecule has 3 rings (SSSR count). The summed E-state index contributed by atoms with van der Waals surface area (Å²) in [4.78, 5) is 38.1. The number of thiocarbonyl (C=S) groups is 1. The Bertz CT molecular complexity index is 1060. The van der Waals surface area contributed by atoms with Crippen molar-refractivity contribution in [3.8, 4) is 0 Å². The van der Waals surface area contributed by atoms with Crippen molar-refractivity contribution in [2.45, 2.75) is 6.42 Å². The molecule has 1 heterocycles. The number of nitrogens with one attached hydrogen (secondary N) is 2. The van der Waals surface area contributed by atoms with Crippen molar-refractivity contribution < 1.29 is 18.8 Å². The van der Waals surface area contributed by atoms with Crippen LogP contribution in [-0.4, -0.2) is 33.5 Å². The molecule has 0 aromatic heterocycles. The molecule has 3 amide bonds. The minimum Gasteiger partial charge on any atom is -0.292 e. The van der Waals surface area contributed by atoms with Crippen LogP contribution in [0.15, 0.2) is 53.4 Å². The molecule has 0 aliphatic carbocycles. The Morgan fingerprint density at radius 1 is 1.17 bits per heavy atom. The van der Waals surface area contributed by atoms with Gasteiger partial charge in [0.2, 0.25) is 5.91 Å². The molecule has 0 spiro atoms. The van der Waals surface area contributed by atoms with E-state index in [2.05, 4.69) is 10.9 Å². The highest BCUT2D eigenvalue weighted by molar-refractivity contribution is 8.26. The predicted molar refractivity (Wildman–Crippen MR) is 118 cm³/mol. The zero-order valence-electron chi connectivity index (χ0n) is 15.4. The lowest BCUT2D eigenvalue weighted by molar-refractivity contribution is -0.124. The number of thioether (sulfide) groups is 1. The molecule has 0 atom stereocenters. The van der Waals surface area contributed by atoms with E-state index in [-0.39, 0.29) is 33.3 Å². The van der Waals surface area contributed by atoms with Crippen molar-refractivity contribution in [3.63, 3.8) is 0 Å². The van der Waals surface area contributed by atoms with Gasteiger partial charge in [0.25, 0.3) is 11.8 Å². The molecule has 1 saturated heterocycles. The van der Waals surface area contributed by atoms with Crippen molar-refractivity contribution in [1.29, 1.82) is 0 Å².